The Morgan fingerprint density at radius 2 is 1.90 bits per heavy atom. The number of nitrogens with zero attached hydrogens (tertiary/aromatic N) is 1. The highest BCUT2D eigenvalue weighted by Crippen LogP contribution is 2.17. The zero-order chi connectivity index (χ0) is 15.0. The molecule has 1 aromatic rings. The number of hydrogen-bond donors (Lipinski definition) is 1. The van der Waals surface area contributed by atoms with Gasteiger partial charge in [0.1, 0.15) is 0 Å². The van der Waals surface area contributed by atoms with Crippen LogP contribution < -0.4 is 5.32 Å². The van der Waals surface area contributed by atoms with Gasteiger partial charge in [-0.1, -0.05) is 32.9 Å². The van der Waals surface area contributed by atoms with Crippen LogP contribution in [0.15, 0.2) is 18.2 Å². The van der Waals surface area contributed by atoms with Gasteiger partial charge in [0.2, 0.25) is 5.91 Å². The summed E-state index contributed by atoms with van der Waals surface area (Å²) >= 11 is 0. The van der Waals surface area contributed by atoms with Crippen LogP contribution in [0.25, 0.3) is 0 Å². The van der Waals surface area contributed by atoms with E-state index in [9.17, 15) is 4.79 Å². The molecule has 0 aromatic heterocycles. The second-order valence-corrected chi connectivity index (χ2v) is 5.18. The minimum atomic E-state index is 0.119. The molecule has 0 atom stereocenters. The Morgan fingerprint density at radius 1 is 1.20 bits per heavy atom. The van der Waals surface area contributed by atoms with Crippen LogP contribution in [0.3, 0.4) is 0 Å². The fourth-order valence-corrected chi connectivity index (χ4v) is 2.24. The third-order valence-electron chi connectivity index (χ3n) is 3.76. The normalized spacial score (nSPS) is 10.8. The van der Waals surface area contributed by atoms with Crippen molar-refractivity contribution in [1.82, 2.24) is 4.90 Å². The second kappa shape index (κ2) is 8.75. The van der Waals surface area contributed by atoms with Gasteiger partial charge in [-0.2, -0.15) is 0 Å². The molecule has 20 heavy (non-hydrogen) atoms. The third-order valence-corrected chi connectivity index (χ3v) is 3.76. The van der Waals surface area contributed by atoms with E-state index in [4.69, 9.17) is 0 Å². The molecule has 1 aromatic carbocycles. The van der Waals surface area contributed by atoms with E-state index in [0.717, 1.165) is 43.7 Å². The first-order valence-electron chi connectivity index (χ1n) is 7.72. The van der Waals surface area contributed by atoms with Gasteiger partial charge < -0.3 is 10.2 Å². The molecule has 1 N–H and O–H groups in total. The zero-order valence-corrected chi connectivity index (χ0v) is 13.3. The van der Waals surface area contributed by atoms with Crippen LogP contribution in [0.2, 0.25) is 0 Å². The standard InChI is InChI=1S/C17H28N2O/c1-5-15-11-10-14(4)16(13-15)18-17(20)9-8-12-19(6-2)7-3/h10-11,13H,5-9,12H2,1-4H3,(H,18,20). The van der Waals surface area contributed by atoms with E-state index >= 15 is 0 Å². The van der Waals surface area contributed by atoms with Crippen molar-refractivity contribution in [3.8, 4) is 0 Å². The Labute approximate surface area is 123 Å². The fraction of sp³-hybridized carbons (Fsp3) is 0.588. The van der Waals surface area contributed by atoms with Crippen LogP contribution >= 0.6 is 0 Å². The average Bonchev–Trinajstić information content (AvgIpc) is 2.46. The number of benzene rings is 1. The lowest BCUT2D eigenvalue weighted by Gasteiger charge is -2.17. The molecule has 0 aliphatic carbocycles. The highest BCUT2D eigenvalue weighted by molar-refractivity contribution is 5.91. The molecule has 0 aliphatic rings. The van der Waals surface area contributed by atoms with Crippen molar-refractivity contribution in [2.45, 2.75) is 47.0 Å². The number of carbonyl (C=O) groups is 1. The SMILES string of the molecule is CCc1ccc(C)c(NC(=O)CCCN(CC)CC)c1. The van der Waals surface area contributed by atoms with Gasteiger partial charge in [0.25, 0.3) is 0 Å². The Bertz CT molecular complexity index is 425. The van der Waals surface area contributed by atoms with Gasteiger partial charge in [-0.25, -0.2) is 0 Å². The summed E-state index contributed by atoms with van der Waals surface area (Å²) in [6.45, 7) is 11.6. The first kappa shape index (κ1) is 16.7. The summed E-state index contributed by atoms with van der Waals surface area (Å²) in [6.07, 6.45) is 2.50. The number of hydrogen-bond acceptors (Lipinski definition) is 2. The number of carbonyl (C=O) groups excluding carboxylic acids is 1. The first-order valence-corrected chi connectivity index (χ1v) is 7.72. The number of nitrogens with one attached hydrogen (secondary N) is 1. The molecular formula is C17H28N2O. The zero-order valence-electron chi connectivity index (χ0n) is 13.3. The molecule has 3 heteroatoms. The summed E-state index contributed by atoms with van der Waals surface area (Å²) in [4.78, 5) is 14.3. The number of anilines is 1. The Morgan fingerprint density at radius 3 is 2.50 bits per heavy atom. The summed E-state index contributed by atoms with van der Waals surface area (Å²) < 4.78 is 0. The number of rotatable bonds is 8. The maximum absolute atomic E-state index is 12.0. The number of amides is 1. The van der Waals surface area contributed by atoms with Crippen molar-refractivity contribution in [3.63, 3.8) is 0 Å². The predicted molar refractivity (Wildman–Crippen MR) is 86.2 cm³/mol. The maximum atomic E-state index is 12.0. The Kier molecular flexibility index (Phi) is 7.31. The molecule has 1 amide bonds. The van der Waals surface area contributed by atoms with Crippen LogP contribution in [0, 0.1) is 6.92 Å². The molecule has 0 fully saturated rings. The van der Waals surface area contributed by atoms with Crippen molar-refractivity contribution in [2.24, 2.45) is 0 Å². The van der Waals surface area contributed by atoms with Gasteiger partial charge >= 0.3 is 0 Å². The summed E-state index contributed by atoms with van der Waals surface area (Å²) in [5.74, 6) is 0.119. The minimum Gasteiger partial charge on any atom is -0.326 e. The van der Waals surface area contributed by atoms with Gasteiger partial charge in [-0.05, 0) is 56.6 Å². The molecule has 3 nitrogen and oxygen atoms in total. The van der Waals surface area contributed by atoms with Crippen molar-refractivity contribution in [2.75, 3.05) is 25.0 Å². The lowest BCUT2D eigenvalue weighted by Crippen LogP contribution is -2.25. The summed E-state index contributed by atoms with van der Waals surface area (Å²) in [5.41, 5.74) is 3.34. The molecule has 0 bridgehead atoms. The van der Waals surface area contributed by atoms with Gasteiger partial charge in [-0.15, -0.1) is 0 Å². The Hall–Kier alpha value is -1.35. The van der Waals surface area contributed by atoms with Crippen molar-refractivity contribution in [1.29, 1.82) is 0 Å². The molecule has 0 spiro atoms. The van der Waals surface area contributed by atoms with Crippen molar-refractivity contribution >= 4 is 11.6 Å². The van der Waals surface area contributed by atoms with E-state index in [1.807, 2.05) is 6.92 Å². The number of aryl methyl sites for hydroxylation is 2. The molecule has 0 heterocycles. The van der Waals surface area contributed by atoms with E-state index in [1.54, 1.807) is 0 Å². The Balaban J connectivity index is 2.46. The largest absolute Gasteiger partial charge is 0.326 e. The first-order chi connectivity index (χ1) is 9.60. The van der Waals surface area contributed by atoms with Gasteiger partial charge in [-0.3, -0.25) is 4.79 Å². The van der Waals surface area contributed by atoms with Gasteiger partial charge in [0.15, 0.2) is 0 Å². The monoisotopic (exact) mass is 276 g/mol. The highest BCUT2D eigenvalue weighted by Gasteiger charge is 2.06. The smallest absolute Gasteiger partial charge is 0.224 e. The summed E-state index contributed by atoms with van der Waals surface area (Å²) in [6, 6.07) is 6.27. The molecule has 0 saturated carbocycles. The van der Waals surface area contributed by atoms with Gasteiger partial charge in [0, 0.05) is 12.1 Å². The van der Waals surface area contributed by atoms with E-state index in [0.29, 0.717) is 6.42 Å². The molecule has 112 valence electrons. The molecular weight excluding hydrogens is 248 g/mol. The van der Waals surface area contributed by atoms with Crippen molar-refractivity contribution < 1.29 is 4.79 Å². The topological polar surface area (TPSA) is 32.3 Å². The molecule has 0 saturated heterocycles. The van der Waals surface area contributed by atoms with Crippen LogP contribution in [-0.2, 0) is 11.2 Å². The molecule has 0 unspecified atom stereocenters. The lowest BCUT2D eigenvalue weighted by atomic mass is 10.1. The predicted octanol–water partition coefficient (Wildman–Crippen LogP) is 3.62. The van der Waals surface area contributed by atoms with Crippen molar-refractivity contribution in [3.05, 3.63) is 29.3 Å². The minimum absolute atomic E-state index is 0.119. The van der Waals surface area contributed by atoms with E-state index in [-0.39, 0.29) is 5.91 Å². The molecule has 0 aliphatic heterocycles. The van der Waals surface area contributed by atoms with Crippen LogP contribution in [-0.4, -0.2) is 30.4 Å². The van der Waals surface area contributed by atoms with Crippen LogP contribution in [0.4, 0.5) is 5.69 Å². The maximum Gasteiger partial charge on any atom is 0.224 e. The lowest BCUT2D eigenvalue weighted by molar-refractivity contribution is -0.116. The van der Waals surface area contributed by atoms with Crippen LogP contribution in [0.1, 0.15) is 44.7 Å². The quantitative estimate of drug-likeness (QED) is 0.786. The van der Waals surface area contributed by atoms with Gasteiger partial charge in [0.05, 0.1) is 0 Å². The fourth-order valence-electron chi connectivity index (χ4n) is 2.24. The summed E-state index contributed by atoms with van der Waals surface area (Å²) in [7, 11) is 0. The van der Waals surface area contributed by atoms with E-state index in [2.05, 4.69) is 49.2 Å². The van der Waals surface area contributed by atoms with Crippen LogP contribution in [0.5, 0.6) is 0 Å². The molecule has 1 rings (SSSR count). The van der Waals surface area contributed by atoms with E-state index < -0.39 is 0 Å². The second-order valence-electron chi connectivity index (χ2n) is 5.18. The molecule has 0 radical (unpaired) electrons. The highest BCUT2D eigenvalue weighted by atomic mass is 16.1. The van der Waals surface area contributed by atoms with E-state index in [1.165, 1.54) is 5.56 Å². The third kappa shape index (κ3) is 5.33. The summed E-state index contributed by atoms with van der Waals surface area (Å²) in [5, 5.41) is 3.04. The average molecular weight is 276 g/mol.